The standard InChI is InChI=1S/C24H27N3O2/c1-17-9-10-22-20(12-17)13-21(23(28)26-22)16-27(15-18-6-5-11-25-14-18)24(29)19-7-3-2-4-8-19/h5-6,9-14,19H,2-4,7-8,15-16H2,1H3,(H,26,28). The van der Waals surface area contributed by atoms with E-state index in [4.69, 9.17) is 0 Å². The third-order valence-electron chi connectivity index (χ3n) is 5.80. The summed E-state index contributed by atoms with van der Waals surface area (Å²) in [6.07, 6.45) is 8.81. The van der Waals surface area contributed by atoms with E-state index in [9.17, 15) is 9.59 Å². The van der Waals surface area contributed by atoms with Crippen molar-refractivity contribution in [1.29, 1.82) is 0 Å². The van der Waals surface area contributed by atoms with Gasteiger partial charge in [-0.3, -0.25) is 14.6 Å². The fourth-order valence-electron chi connectivity index (χ4n) is 4.23. The molecular weight excluding hydrogens is 362 g/mol. The molecule has 0 bridgehead atoms. The maximum absolute atomic E-state index is 13.3. The predicted octanol–water partition coefficient (Wildman–Crippen LogP) is 4.34. The number of aromatic amines is 1. The Morgan fingerprint density at radius 3 is 2.72 bits per heavy atom. The second kappa shape index (κ2) is 8.60. The number of aromatic nitrogens is 2. The molecular formula is C24H27N3O2. The highest BCUT2D eigenvalue weighted by molar-refractivity contribution is 5.81. The third kappa shape index (κ3) is 4.56. The summed E-state index contributed by atoms with van der Waals surface area (Å²) in [5.41, 5.74) is 3.43. The van der Waals surface area contributed by atoms with Crippen molar-refractivity contribution in [3.63, 3.8) is 0 Å². The molecule has 29 heavy (non-hydrogen) atoms. The summed E-state index contributed by atoms with van der Waals surface area (Å²) in [6, 6.07) is 11.7. The van der Waals surface area contributed by atoms with Crippen LogP contribution >= 0.6 is 0 Å². The van der Waals surface area contributed by atoms with Crippen LogP contribution in [0.2, 0.25) is 0 Å². The molecule has 0 radical (unpaired) electrons. The van der Waals surface area contributed by atoms with Gasteiger partial charge in [0.05, 0.1) is 6.54 Å². The Balaban J connectivity index is 1.65. The molecule has 3 aromatic rings. The molecule has 1 saturated carbocycles. The van der Waals surface area contributed by atoms with Crippen LogP contribution in [0.4, 0.5) is 0 Å². The van der Waals surface area contributed by atoms with Gasteiger partial charge >= 0.3 is 0 Å². The summed E-state index contributed by atoms with van der Waals surface area (Å²) in [5.74, 6) is 0.208. The molecule has 0 aliphatic heterocycles. The summed E-state index contributed by atoms with van der Waals surface area (Å²) < 4.78 is 0. The van der Waals surface area contributed by atoms with E-state index in [1.54, 1.807) is 12.4 Å². The van der Waals surface area contributed by atoms with Gasteiger partial charge in [0.25, 0.3) is 5.56 Å². The van der Waals surface area contributed by atoms with Crippen molar-refractivity contribution in [2.75, 3.05) is 0 Å². The van der Waals surface area contributed by atoms with Gasteiger partial charge in [0.15, 0.2) is 0 Å². The number of carbonyl (C=O) groups excluding carboxylic acids is 1. The minimum Gasteiger partial charge on any atom is -0.334 e. The van der Waals surface area contributed by atoms with Gasteiger partial charge in [0.2, 0.25) is 5.91 Å². The lowest BCUT2D eigenvalue weighted by atomic mass is 9.88. The van der Waals surface area contributed by atoms with E-state index in [1.165, 1.54) is 6.42 Å². The van der Waals surface area contributed by atoms with Crippen LogP contribution in [0.1, 0.15) is 48.8 Å². The number of H-pyrrole nitrogens is 1. The number of hydrogen-bond donors (Lipinski definition) is 1. The lowest BCUT2D eigenvalue weighted by molar-refractivity contribution is -0.137. The highest BCUT2D eigenvalue weighted by Crippen LogP contribution is 2.27. The molecule has 2 heterocycles. The molecule has 0 saturated heterocycles. The normalized spacial score (nSPS) is 14.8. The van der Waals surface area contributed by atoms with Crippen molar-refractivity contribution >= 4 is 16.8 Å². The van der Waals surface area contributed by atoms with Crippen LogP contribution in [0, 0.1) is 12.8 Å². The molecule has 4 rings (SSSR count). The van der Waals surface area contributed by atoms with Crippen LogP contribution in [-0.4, -0.2) is 20.8 Å². The Hall–Kier alpha value is -2.95. The molecule has 1 N–H and O–H groups in total. The maximum Gasteiger partial charge on any atom is 0.253 e. The van der Waals surface area contributed by atoms with Crippen LogP contribution in [0.5, 0.6) is 0 Å². The van der Waals surface area contributed by atoms with Crippen LogP contribution in [0.25, 0.3) is 10.9 Å². The quantitative estimate of drug-likeness (QED) is 0.706. The zero-order valence-corrected chi connectivity index (χ0v) is 16.9. The third-order valence-corrected chi connectivity index (χ3v) is 5.80. The van der Waals surface area contributed by atoms with Crippen molar-refractivity contribution in [1.82, 2.24) is 14.9 Å². The van der Waals surface area contributed by atoms with Crippen molar-refractivity contribution in [3.8, 4) is 0 Å². The van der Waals surface area contributed by atoms with Gasteiger partial charge in [0, 0.05) is 35.9 Å². The first-order valence-electron chi connectivity index (χ1n) is 10.4. The molecule has 1 fully saturated rings. The molecule has 5 nitrogen and oxygen atoms in total. The number of nitrogens with one attached hydrogen (secondary N) is 1. The molecule has 1 aliphatic rings. The molecule has 150 valence electrons. The van der Waals surface area contributed by atoms with Gasteiger partial charge in [0.1, 0.15) is 0 Å². The van der Waals surface area contributed by atoms with Gasteiger partial charge in [-0.25, -0.2) is 0 Å². The first-order chi connectivity index (χ1) is 14.1. The lowest BCUT2D eigenvalue weighted by Gasteiger charge is -2.29. The number of aryl methyl sites for hydroxylation is 1. The molecule has 5 heteroatoms. The zero-order chi connectivity index (χ0) is 20.2. The van der Waals surface area contributed by atoms with E-state index in [-0.39, 0.29) is 17.4 Å². The van der Waals surface area contributed by atoms with Crippen molar-refractivity contribution < 1.29 is 4.79 Å². The Bertz CT molecular complexity index is 1050. The Labute approximate surface area is 170 Å². The van der Waals surface area contributed by atoms with E-state index in [2.05, 4.69) is 16.0 Å². The summed E-state index contributed by atoms with van der Waals surface area (Å²) >= 11 is 0. The fraction of sp³-hybridized carbons (Fsp3) is 0.375. The number of carbonyl (C=O) groups is 1. The van der Waals surface area contributed by atoms with Crippen LogP contribution in [0.3, 0.4) is 0 Å². The molecule has 0 spiro atoms. The fourth-order valence-corrected chi connectivity index (χ4v) is 4.23. The second-order valence-corrected chi connectivity index (χ2v) is 8.10. The number of amides is 1. The van der Waals surface area contributed by atoms with Crippen LogP contribution in [-0.2, 0) is 17.9 Å². The Morgan fingerprint density at radius 2 is 1.97 bits per heavy atom. The van der Waals surface area contributed by atoms with E-state index in [0.717, 1.165) is 47.7 Å². The molecule has 2 aromatic heterocycles. The molecule has 0 unspecified atom stereocenters. The summed E-state index contributed by atoms with van der Waals surface area (Å²) in [6.45, 7) is 2.81. The van der Waals surface area contributed by atoms with Gasteiger partial charge in [-0.1, -0.05) is 37.0 Å². The highest BCUT2D eigenvalue weighted by Gasteiger charge is 2.26. The van der Waals surface area contributed by atoms with Gasteiger partial charge < -0.3 is 9.88 Å². The monoisotopic (exact) mass is 389 g/mol. The highest BCUT2D eigenvalue weighted by atomic mass is 16.2. The first-order valence-corrected chi connectivity index (χ1v) is 10.4. The predicted molar refractivity (Wildman–Crippen MR) is 114 cm³/mol. The lowest BCUT2D eigenvalue weighted by Crippen LogP contribution is -2.37. The average molecular weight is 389 g/mol. The molecule has 1 aromatic carbocycles. The SMILES string of the molecule is Cc1ccc2[nH]c(=O)c(CN(Cc3cccnc3)C(=O)C3CCCCC3)cc2c1. The van der Waals surface area contributed by atoms with Gasteiger partial charge in [-0.15, -0.1) is 0 Å². The maximum atomic E-state index is 13.3. The van der Waals surface area contributed by atoms with Gasteiger partial charge in [-0.05, 0) is 55.0 Å². The van der Waals surface area contributed by atoms with Crippen molar-refractivity contribution in [2.45, 2.75) is 52.1 Å². The number of fused-ring (bicyclic) bond motifs is 1. The number of rotatable bonds is 5. The number of nitrogens with zero attached hydrogens (tertiary/aromatic N) is 2. The van der Waals surface area contributed by atoms with Crippen molar-refractivity contribution in [2.24, 2.45) is 5.92 Å². The second-order valence-electron chi connectivity index (χ2n) is 8.10. The number of benzene rings is 1. The van der Waals surface area contributed by atoms with Crippen LogP contribution in [0.15, 0.2) is 53.6 Å². The first kappa shape index (κ1) is 19.4. The topological polar surface area (TPSA) is 66.1 Å². The van der Waals surface area contributed by atoms with E-state index in [1.807, 2.05) is 42.2 Å². The summed E-state index contributed by atoms with van der Waals surface area (Å²) in [4.78, 5) is 35.0. The number of pyridine rings is 2. The Morgan fingerprint density at radius 1 is 1.14 bits per heavy atom. The van der Waals surface area contributed by atoms with E-state index >= 15 is 0 Å². The number of hydrogen-bond acceptors (Lipinski definition) is 3. The summed E-state index contributed by atoms with van der Waals surface area (Å²) in [5, 5.41) is 0.992. The minimum atomic E-state index is -0.131. The molecule has 1 amide bonds. The Kier molecular flexibility index (Phi) is 5.74. The van der Waals surface area contributed by atoms with Crippen molar-refractivity contribution in [3.05, 3.63) is 75.8 Å². The van der Waals surface area contributed by atoms with Crippen LogP contribution < -0.4 is 5.56 Å². The van der Waals surface area contributed by atoms with E-state index in [0.29, 0.717) is 18.7 Å². The summed E-state index contributed by atoms with van der Waals surface area (Å²) in [7, 11) is 0. The van der Waals surface area contributed by atoms with Gasteiger partial charge in [-0.2, -0.15) is 0 Å². The largest absolute Gasteiger partial charge is 0.334 e. The zero-order valence-electron chi connectivity index (χ0n) is 16.9. The minimum absolute atomic E-state index is 0.0576. The van der Waals surface area contributed by atoms with E-state index < -0.39 is 0 Å². The average Bonchev–Trinajstić information content (AvgIpc) is 2.75. The molecule has 0 atom stereocenters. The smallest absolute Gasteiger partial charge is 0.253 e. The molecule has 1 aliphatic carbocycles.